The van der Waals surface area contributed by atoms with E-state index in [2.05, 4.69) is 246 Å². The number of nitrogens with zero attached hydrogens (tertiary/aromatic N) is 3. The Morgan fingerprint density at radius 1 is 0.350 bits per heavy atom. The molecular formula is C57H39N3. The van der Waals surface area contributed by atoms with Gasteiger partial charge in [0.25, 0.3) is 0 Å². The first-order valence-electron chi connectivity index (χ1n) is 20.5. The lowest BCUT2D eigenvalue weighted by atomic mass is 9.97. The van der Waals surface area contributed by atoms with Crippen LogP contribution in [0.4, 0.5) is 17.1 Å². The van der Waals surface area contributed by atoms with Crippen LogP contribution in [0.15, 0.2) is 237 Å². The average molecular weight is 766 g/mol. The van der Waals surface area contributed by atoms with E-state index in [4.69, 9.17) is 4.98 Å². The van der Waals surface area contributed by atoms with E-state index in [-0.39, 0.29) is 0 Å². The Hall–Kier alpha value is -8.01. The predicted octanol–water partition coefficient (Wildman–Crippen LogP) is 15.5. The van der Waals surface area contributed by atoms with E-state index in [9.17, 15) is 0 Å². The summed E-state index contributed by atoms with van der Waals surface area (Å²) in [6.45, 7) is 0. The summed E-state index contributed by atoms with van der Waals surface area (Å²) >= 11 is 0. The van der Waals surface area contributed by atoms with Crippen molar-refractivity contribution in [1.82, 2.24) is 9.55 Å². The van der Waals surface area contributed by atoms with Crippen molar-refractivity contribution in [3.63, 3.8) is 0 Å². The highest BCUT2D eigenvalue weighted by molar-refractivity contribution is 6.14. The summed E-state index contributed by atoms with van der Waals surface area (Å²) < 4.78 is 2.27. The molecule has 3 nitrogen and oxygen atoms in total. The predicted molar refractivity (Wildman–Crippen MR) is 253 cm³/mol. The summed E-state index contributed by atoms with van der Waals surface area (Å²) in [5.74, 6) is 0.925. The molecule has 1 aromatic heterocycles. The van der Waals surface area contributed by atoms with E-state index in [1.165, 1.54) is 32.7 Å². The van der Waals surface area contributed by atoms with Gasteiger partial charge in [0, 0.05) is 33.6 Å². The molecule has 0 radical (unpaired) electrons. The van der Waals surface area contributed by atoms with Crippen molar-refractivity contribution in [2.75, 3.05) is 4.90 Å². The van der Waals surface area contributed by atoms with E-state index < -0.39 is 0 Å². The van der Waals surface area contributed by atoms with E-state index in [0.717, 1.165) is 67.4 Å². The molecule has 0 fully saturated rings. The van der Waals surface area contributed by atoms with Gasteiger partial charge >= 0.3 is 0 Å². The highest BCUT2D eigenvalue weighted by Gasteiger charge is 2.20. The summed E-state index contributed by atoms with van der Waals surface area (Å²) in [7, 11) is 0. The lowest BCUT2D eigenvalue weighted by Crippen LogP contribution is -2.10. The summed E-state index contributed by atoms with van der Waals surface area (Å²) in [5, 5.41) is 4.92. The van der Waals surface area contributed by atoms with Gasteiger partial charge in [-0.05, 0) is 98.6 Å². The second-order valence-electron chi connectivity index (χ2n) is 15.2. The van der Waals surface area contributed by atoms with Gasteiger partial charge in [0.15, 0.2) is 0 Å². The molecule has 0 aliphatic heterocycles. The lowest BCUT2D eigenvalue weighted by molar-refractivity contribution is 1.10. The fourth-order valence-electron chi connectivity index (χ4n) is 8.70. The molecule has 0 saturated carbocycles. The van der Waals surface area contributed by atoms with Crippen LogP contribution in [-0.2, 0) is 0 Å². The molecular weight excluding hydrogens is 727 g/mol. The number of imidazole rings is 1. The second-order valence-corrected chi connectivity index (χ2v) is 15.2. The van der Waals surface area contributed by atoms with Crippen LogP contribution >= 0.6 is 0 Å². The molecule has 0 saturated heterocycles. The van der Waals surface area contributed by atoms with E-state index in [0.29, 0.717) is 0 Å². The van der Waals surface area contributed by atoms with Crippen molar-refractivity contribution in [2.45, 2.75) is 0 Å². The van der Waals surface area contributed by atoms with Crippen LogP contribution in [0, 0.1) is 0 Å². The fourth-order valence-corrected chi connectivity index (χ4v) is 8.70. The molecule has 0 aliphatic rings. The van der Waals surface area contributed by atoms with Crippen LogP contribution in [0.2, 0.25) is 0 Å². The van der Waals surface area contributed by atoms with Gasteiger partial charge in [-0.1, -0.05) is 182 Å². The number of fused-ring (bicyclic) bond motifs is 4. The average Bonchev–Trinajstić information content (AvgIpc) is 3.73. The molecule has 60 heavy (non-hydrogen) atoms. The molecule has 10 aromatic carbocycles. The second kappa shape index (κ2) is 15.1. The molecule has 1 heterocycles. The van der Waals surface area contributed by atoms with Crippen LogP contribution < -0.4 is 4.90 Å². The summed E-state index contributed by atoms with van der Waals surface area (Å²) in [4.78, 5) is 7.75. The minimum absolute atomic E-state index is 0.925. The SMILES string of the molecule is c1ccc(-c2ccc(N(c3ccc(-c4cccc(-c5cccc6c5nc(-c5ccccc5)n6-c5ccccc5)c4)cc3)c3cc4ccccc4c4ccccc34)cc2)cc1. The maximum Gasteiger partial charge on any atom is 0.145 e. The highest BCUT2D eigenvalue weighted by Crippen LogP contribution is 2.43. The Bertz CT molecular complexity index is 3280. The van der Waals surface area contributed by atoms with Crippen LogP contribution in [-0.4, -0.2) is 9.55 Å². The molecule has 11 rings (SSSR count). The summed E-state index contributed by atoms with van der Waals surface area (Å²) in [6.07, 6.45) is 0. The van der Waals surface area contributed by atoms with E-state index >= 15 is 0 Å². The normalized spacial score (nSPS) is 11.3. The molecule has 0 atom stereocenters. The Kier molecular flexibility index (Phi) is 8.83. The third kappa shape index (κ3) is 6.30. The van der Waals surface area contributed by atoms with Crippen LogP contribution in [0.1, 0.15) is 0 Å². The Balaban J connectivity index is 1.01. The number of anilines is 3. The molecule has 0 bridgehead atoms. The quantitative estimate of drug-likeness (QED) is 0.144. The number of hydrogen-bond donors (Lipinski definition) is 0. The van der Waals surface area contributed by atoms with Gasteiger partial charge in [-0.3, -0.25) is 4.57 Å². The van der Waals surface area contributed by atoms with Gasteiger partial charge in [-0.2, -0.15) is 0 Å². The molecule has 0 N–H and O–H groups in total. The maximum absolute atomic E-state index is 5.35. The number of rotatable bonds is 8. The molecule has 3 heteroatoms. The molecule has 11 aromatic rings. The van der Waals surface area contributed by atoms with Crippen molar-refractivity contribution in [3.8, 4) is 50.5 Å². The number of benzene rings is 10. The standard InChI is InChI=1S/C57H39N3/c1-4-16-40(17-5-1)41-30-34-48(35-31-41)59(55-39-46-20-10-11-25-50(46)52-26-12-13-27-53(52)55)49-36-32-42(33-37-49)44-21-14-22-45(38-44)51-28-15-29-54-56(51)58-57(43-18-6-2-7-19-43)60(54)47-23-8-3-9-24-47/h1-39H. The number of para-hydroxylation sites is 2. The van der Waals surface area contributed by atoms with Crippen molar-refractivity contribution < 1.29 is 0 Å². The van der Waals surface area contributed by atoms with E-state index in [1.807, 2.05) is 0 Å². The third-order valence-electron chi connectivity index (χ3n) is 11.6. The zero-order chi connectivity index (χ0) is 39.8. The van der Waals surface area contributed by atoms with Crippen LogP contribution in [0.25, 0.3) is 83.0 Å². The van der Waals surface area contributed by atoms with Crippen molar-refractivity contribution >= 4 is 49.6 Å². The summed E-state index contributed by atoms with van der Waals surface area (Å²) in [6, 6.07) is 84.7. The van der Waals surface area contributed by atoms with E-state index in [1.54, 1.807) is 0 Å². The minimum atomic E-state index is 0.925. The Labute approximate surface area is 349 Å². The first kappa shape index (κ1) is 35.2. The first-order chi connectivity index (χ1) is 29.8. The minimum Gasteiger partial charge on any atom is -0.310 e. The Morgan fingerprint density at radius 3 is 1.57 bits per heavy atom. The smallest absolute Gasteiger partial charge is 0.145 e. The van der Waals surface area contributed by atoms with Gasteiger partial charge in [-0.15, -0.1) is 0 Å². The maximum atomic E-state index is 5.35. The largest absolute Gasteiger partial charge is 0.310 e. The van der Waals surface area contributed by atoms with Crippen molar-refractivity contribution in [3.05, 3.63) is 237 Å². The fraction of sp³-hybridized carbons (Fsp3) is 0. The summed E-state index contributed by atoms with van der Waals surface area (Å²) in [5.41, 5.74) is 14.5. The third-order valence-corrected chi connectivity index (χ3v) is 11.6. The van der Waals surface area contributed by atoms with Crippen LogP contribution in [0.3, 0.4) is 0 Å². The lowest BCUT2D eigenvalue weighted by Gasteiger charge is -2.28. The van der Waals surface area contributed by atoms with Gasteiger partial charge in [0.2, 0.25) is 0 Å². The van der Waals surface area contributed by atoms with Gasteiger partial charge in [0.1, 0.15) is 5.82 Å². The molecule has 0 aliphatic carbocycles. The van der Waals surface area contributed by atoms with Gasteiger partial charge < -0.3 is 4.90 Å². The monoisotopic (exact) mass is 765 g/mol. The van der Waals surface area contributed by atoms with Crippen LogP contribution in [0.5, 0.6) is 0 Å². The molecule has 0 spiro atoms. The Morgan fingerprint density at radius 2 is 0.867 bits per heavy atom. The molecule has 282 valence electrons. The number of hydrogen-bond acceptors (Lipinski definition) is 2. The topological polar surface area (TPSA) is 21.1 Å². The van der Waals surface area contributed by atoms with Gasteiger partial charge in [-0.25, -0.2) is 4.98 Å². The number of aromatic nitrogens is 2. The zero-order valence-electron chi connectivity index (χ0n) is 32.9. The molecule has 0 amide bonds. The van der Waals surface area contributed by atoms with Gasteiger partial charge in [0.05, 0.1) is 16.7 Å². The first-order valence-corrected chi connectivity index (χ1v) is 20.5. The van der Waals surface area contributed by atoms with Crippen molar-refractivity contribution in [1.29, 1.82) is 0 Å². The van der Waals surface area contributed by atoms with Crippen molar-refractivity contribution in [2.24, 2.45) is 0 Å². The molecule has 0 unspecified atom stereocenters. The zero-order valence-corrected chi connectivity index (χ0v) is 32.9. The highest BCUT2D eigenvalue weighted by atomic mass is 15.1.